The average molecular weight is 287 g/mol. The minimum atomic E-state index is -0.432. The van der Waals surface area contributed by atoms with Gasteiger partial charge in [0.25, 0.3) is 11.2 Å². The zero-order chi connectivity index (χ0) is 15.4. The largest absolute Gasteiger partial charge is 0.385 e. The Hall–Kier alpha value is -2.63. The number of nitrogens with zero attached hydrogens (tertiary/aromatic N) is 2. The molecule has 1 aromatic carbocycles. The van der Waals surface area contributed by atoms with Crippen LogP contribution in [0.1, 0.15) is 18.1 Å². The fraction of sp³-hybridized carbons (Fsp3) is 0.267. The first kappa shape index (κ1) is 14.8. The highest BCUT2D eigenvalue weighted by atomic mass is 16.6. The first-order valence-corrected chi connectivity index (χ1v) is 6.70. The minimum absolute atomic E-state index is 0.0207. The van der Waals surface area contributed by atoms with Gasteiger partial charge >= 0.3 is 0 Å². The van der Waals surface area contributed by atoms with E-state index in [0.717, 1.165) is 11.3 Å². The minimum Gasteiger partial charge on any atom is -0.385 e. The number of anilines is 1. The Balaban J connectivity index is 2.45. The van der Waals surface area contributed by atoms with Crippen molar-refractivity contribution in [2.24, 2.45) is 0 Å². The summed E-state index contributed by atoms with van der Waals surface area (Å²) in [5, 5.41) is 14.1. The number of rotatable bonds is 5. The second-order valence-corrected chi connectivity index (χ2v) is 4.75. The van der Waals surface area contributed by atoms with E-state index in [1.54, 1.807) is 35.9 Å². The standard InChI is InChI=1S/C15H17N3O3/c1-3-16-14-7-6-13(18(20)21)9-12(14)10-17-8-4-5-11(2)15(17)19/h4-9,16H,3,10H2,1-2H3. The van der Waals surface area contributed by atoms with Crippen molar-refractivity contribution in [3.8, 4) is 0 Å². The van der Waals surface area contributed by atoms with Crippen LogP contribution in [0.4, 0.5) is 11.4 Å². The summed E-state index contributed by atoms with van der Waals surface area (Å²) in [5.41, 5.74) is 2.10. The molecule has 0 atom stereocenters. The topological polar surface area (TPSA) is 77.2 Å². The molecular formula is C15H17N3O3. The SMILES string of the molecule is CCNc1ccc([N+](=O)[O-])cc1Cn1cccc(C)c1=O. The molecule has 0 bridgehead atoms. The summed E-state index contributed by atoms with van der Waals surface area (Å²) in [6.45, 7) is 4.69. The summed E-state index contributed by atoms with van der Waals surface area (Å²) in [6, 6.07) is 8.18. The number of nitrogens with one attached hydrogen (secondary N) is 1. The van der Waals surface area contributed by atoms with E-state index in [1.807, 2.05) is 6.92 Å². The van der Waals surface area contributed by atoms with Gasteiger partial charge in [0.15, 0.2) is 0 Å². The highest BCUT2D eigenvalue weighted by Crippen LogP contribution is 2.22. The summed E-state index contributed by atoms with van der Waals surface area (Å²) >= 11 is 0. The third kappa shape index (κ3) is 3.28. The van der Waals surface area contributed by atoms with Crippen LogP contribution in [0.25, 0.3) is 0 Å². The number of benzene rings is 1. The first-order valence-electron chi connectivity index (χ1n) is 6.70. The van der Waals surface area contributed by atoms with Crippen molar-refractivity contribution in [3.63, 3.8) is 0 Å². The molecule has 21 heavy (non-hydrogen) atoms. The van der Waals surface area contributed by atoms with Crippen LogP contribution in [0.3, 0.4) is 0 Å². The summed E-state index contributed by atoms with van der Waals surface area (Å²) in [4.78, 5) is 22.5. The van der Waals surface area contributed by atoms with E-state index in [9.17, 15) is 14.9 Å². The fourth-order valence-corrected chi connectivity index (χ4v) is 2.15. The quantitative estimate of drug-likeness (QED) is 0.677. The zero-order valence-corrected chi connectivity index (χ0v) is 12.0. The maximum atomic E-state index is 12.1. The number of nitro benzene ring substituents is 1. The number of hydrogen-bond acceptors (Lipinski definition) is 4. The van der Waals surface area contributed by atoms with E-state index in [4.69, 9.17) is 0 Å². The Morgan fingerprint density at radius 2 is 2.10 bits per heavy atom. The van der Waals surface area contributed by atoms with E-state index >= 15 is 0 Å². The lowest BCUT2D eigenvalue weighted by Gasteiger charge is -2.12. The average Bonchev–Trinajstić information content (AvgIpc) is 2.45. The highest BCUT2D eigenvalue weighted by molar-refractivity contribution is 5.56. The number of nitro groups is 1. The molecule has 0 aliphatic carbocycles. The second kappa shape index (κ2) is 6.21. The van der Waals surface area contributed by atoms with Gasteiger partial charge < -0.3 is 9.88 Å². The molecule has 6 heteroatoms. The Bertz CT molecular complexity index is 722. The second-order valence-electron chi connectivity index (χ2n) is 4.75. The summed E-state index contributed by atoms with van der Waals surface area (Å²) in [7, 11) is 0. The molecular weight excluding hydrogens is 270 g/mol. The van der Waals surface area contributed by atoms with Gasteiger partial charge in [0.2, 0.25) is 0 Å². The van der Waals surface area contributed by atoms with Crippen molar-refractivity contribution in [1.82, 2.24) is 4.57 Å². The smallest absolute Gasteiger partial charge is 0.269 e. The lowest BCUT2D eigenvalue weighted by molar-refractivity contribution is -0.384. The van der Waals surface area contributed by atoms with E-state index in [-0.39, 0.29) is 11.2 Å². The van der Waals surface area contributed by atoms with E-state index in [1.165, 1.54) is 12.1 Å². The van der Waals surface area contributed by atoms with Crippen molar-refractivity contribution >= 4 is 11.4 Å². The first-order chi connectivity index (χ1) is 10.0. The van der Waals surface area contributed by atoms with Crippen LogP contribution in [0.5, 0.6) is 0 Å². The van der Waals surface area contributed by atoms with Crippen LogP contribution in [0.2, 0.25) is 0 Å². The normalized spacial score (nSPS) is 10.4. The molecule has 0 saturated carbocycles. The monoisotopic (exact) mass is 287 g/mol. The van der Waals surface area contributed by atoms with Crippen molar-refractivity contribution in [1.29, 1.82) is 0 Å². The molecule has 0 spiro atoms. The Labute approximate surface area is 122 Å². The highest BCUT2D eigenvalue weighted by Gasteiger charge is 2.11. The van der Waals surface area contributed by atoms with Crippen LogP contribution in [0.15, 0.2) is 41.3 Å². The van der Waals surface area contributed by atoms with E-state index in [2.05, 4.69) is 5.32 Å². The van der Waals surface area contributed by atoms with Gasteiger partial charge in [-0.2, -0.15) is 0 Å². The predicted molar refractivity (Wildman–Crippen MR) is 81.8 cm³/mol. The van der Waals surface area contributed by atoms with Gasteiger partial charge in [-0.3, -0.25) is 14.9 Å². The molecule has 2 rings (SSSR count). The Kier molecular flexibility index (Phi) is 4.37. The molecule has 0 saturated heterocycles. The molecule has 0 amide bonds. The van der Waals surface area contributed by atoms with Crippen molar-refractivity contribution in [2.45, 2.75) is 20.4 Å². The molecule has 1 N–H and O–H groups in total. The summed E-state index contributed by atoms with van der Waals surface area (Å²) in [5.74, 6) is 0. The molecule has 6 nitrogen and oxygen atoms in total. The number of aryl methyl sites for hydroxylation is 1. The maximum Gasteiger partial charge on any atom is 0.269 e. The zero-order valence-electron chi connectivity index (χ0n) is 12.0. The van der Waals surface area contributed by atoms with Crippen LogP contribution < -0.4 is 10.9 Å². The molecule has 0 unspecified atom stereocenters. The molecule has 0 fully saturated rings. The number of aromatic nitrogens is 1. The Morgan fingerprint density at radius 1 is 1.33 bits per heavy atom. The van der Waals surface area contributed by atoms with Gasteiger partial charge in [-0.05, 0) is 26.0 Å². The van der Waals surface area contributed by atoms with Crippen molar-refractivity contribution in [2.75, 3.05) is 11.9 Å². The maximum absolute atomic E-state index is 12.1. The molecule has 1 heterocycles. The van der Waals surface area contributed by atoms with Gasteiger partial charge in [-0.25, -0.2) is 0 Å². The summed E-state index contributed by atoms with van der Waals surface area (Å²) < 4.78 is 1.55. The molecule has 110 valence electrons. The third-order valence-electron chi connectivity index (χ3n) is 3.22. The molecule has 2 aromatic rings. The van der Waals surface area contributed by atoms with Gasteiger partial charge in [-0.1, -0.05) is 6.07 Å². The van der Waals surface area contributed by atoms with E-state index < -0.39 is 4.92 Å². The predicted octanol–water partition coefficient (Wildman–Crippen LogP) is 2.55. The number of non-ortho nitro benzene ring substituents is 1. The van der Waals surface area contributed by atoms with Crippen LogP contribution >= 0.6 is 0 Å². The summed E-state index contributed by atoms with van der Waals surface area (Å²) in [6.07, 6.45) is 1.68. The molecule has 0 aliphatic heterocycles. The van der Waals surface area contributed by atoms with Crippen molar-refractivity contribution < 1.29 is 4.92 Å². The van der Waals surface area contributed by atoms with Gasteiger partial charge in [-0.15, -0.1) is 0 Å². The molecule has 0 aliphatic rings. The van der Waals surface area contributed by atoms with Gasteiger partial charge in [0.05, 0.1) is 11.5 Å². The van der Waals surface area contributed by atoms with Gasteiger partial charge in [0, 0.05) is 41.7 Å². The van der Waals surface area contributed by atoms with E-state index in [0.29, 0.717) is 18.7 Å². The lowest BCUT2D eigenvalue weighted by atomic mass is 10.1. The fourth-order valence-electron chi connectivity index (χ4n) is 2.15. The van der Waals surface area contributed by atoms with Crippen LogP contribution in [-0.2, 0) is 6.54 Å². The van der Waals surface area contributed by atoms with Crippen LogP contribution in [0, 0.1) is 17.0 Å². The number of hydrogen-bond donors (Lipinski definition) is 1. The third-order valence-corrected chi connectivity index (χ3v) is 3.22. The lowest BCUT2D eigenvalue weighted by Crippen LogP contribution is -2.22. The van der Waals surface area contributed by atoms with Gasteiger partial charge in [0.1, 0.15) is 0 Å². The molecule has 0 radical (unpaired) electrons. The number of pyridine rings is 1. The van der Waals surface area contributed by atoms with Crippen LogP contribution in [-0.4, -0.2) is 16.0 Å². The Morgan fingerprint density at radius 3 is 2.76 bits per heavy atom. The van der Waals surface area contributed by atoms with Crippen molar-refractivity contribution in [3.05, 3.63) is 68.1 Å². The molecule has 1 aromatic heterocycles.